The number of likely N-dealkylation sites (tertiary alicyclic amines) is 1. The van der Waals surface area contributed by atoms with Crippen LogP contribution in [0.15, 0.2) is 0 Å². The smallest absolute Gasteiger partial charge is 0.314 e. The fraction of sp³-hybridized carbons (Fsp3) is 0.923. The van der Waals surface area contributed by atoms with E-state index in [2.05, 4.69) is 22.5 Å². The number of urea groups is 1. The zero-order valence-corrected chi connectivity index (χ0v) is 11.5. The van der Waals surface area contributed by atoms with E-state index in [9.17, 15) is 4.79 Å². The van der Waals surface area contributed by atoms with Gasteiger partial charge in [0.05, 0.1) is 6.61 Å². The molecule has 1 aliphatic heterocycles. The van der Waals surface area contributed by atoms with Gasteiger partial charge in [-0.1, -0.05) is 6.42 Å². The third-order valence-corrected chi connectivity index (χ3v) is 3.50. The summed E-state index contributed by atoms with van der Waals surface area (Å²) in [6.45, 7) is 5.68. The van der Waals surface area contributed by atoms with Crippen molar-refractivity contribution in [3.05, 3.63) is 0 Å². The number of hydrogen-bond acceptors (Lipinski definition) is 3. The Hall–Kier alpha value is -0.810. The van der Waals surface area contributed by atoms with Gasteiger partial charge in [-0.05, 0) is 45.7 Å². The van der Waals surface area contributed by atoms with Gasteiger partial charge in [-0.25, -0.2) is 4.79 Å². The van der Waals surface area contributed by atoms with Gasteiger partial charge in [0.1, 0.15) is 0 Å². The first kappa shape index (κ1) is 15.2. The van der Waals surface area contributed by atoms with E-state index >= 15 is 0 Å². The monoisotopic (exact) mass is 257 g/mol. The first-order valence-corrected chi connectivity index (χ1v) is 7.10. The largest absolute Gasteiger partial charge is 0.395 e. The van der Waals surface area contributed by atoms with Crippen LogP contribution >= 0.6 is 0 Å². The van der Waals surface area contributed by atoms with Gasteiger partial charge < -0.3 is 20.6 Å². The topological polar surface area (TPSA) is 64.6 Å². The summed E-state index contributed by atoms with van der Waals surface area (Å²) in [7, 11) is 0. The van der Waals surface area contributed by atoms with Crippen molar-refractivity contribution in [2.24, 2.45) is 0 Å². The molecule has 1 atom stereocenters. The van der Waals surface area contributed by atoms with Crippen LogP contribution in [0.2, 0.25) is 0 Å². The summed E-state index contributed by atoms with van der Waals surface area (Å²) in [6.07, 6.45) is 6.15. The number of carbonyl (C=O) groups is 1. The minimum Gasteiger partial charge on any atom is -0.395 e. The number of nitrogens with one attached hydrogen (secondary N) is 2. The minimum absolute atomic E-state index is 0.0136. The van der Waals surface area contributed by atoms with Gasteiger partial charge >= 0.3 is 6.03 Å². The second-order valence-electron chi connectivity index (χ2n) is 4.99. The third-order valence-electron chi connectivity index (χ3n) is 3.50. The van der Waals surface area contributed by atoms with Gasteiger partial charge in [-0.15, -0.1) is 0 Å². The Kier molecular flexibility index (Phi) is 7.76. The molecule has 1 unspecified atom stereocenters. The number of hydrogen-bond donors (Lipinski definition) is 3. The maximum atomic E-state index is 11.2. The summed E-state index contributed by atoms with van der Waals surface area (Å²) >= 11 is 0. The summed E-state index contributed by atoms with van der Waals surface area (Å²) < 4.78 is 0. The van der Waals surface area contributed by atoms with Crippen LogP contribution in [0.25, 0.3) is 0 Å². The molecule has 3 N–H and O–H groups in total. The maximum absolute atomic E-state index is 11.2. The zero-order chi connectivity index (χ0) is 13.2. The van der Waals surface area contributed by atoms with Crippen LogP contribution in [0.1, 0.15) is 39.0 Å². The lowest BCUT2D eigenvalue weighted by atomic mass is 10.0. The molecule has 106 valence electrons. The first-order valence-electron chi connectivity index (χ1n) is 7.10. The molecule has 2 amide bonds. The van der Waals surface area contributed by atoms with Crippen LogP contribution in [0.4, 0.5) is 4.79 Å². The van der Waals surface area contributed by atoms with E-state index in [1.807, 2.05) is 0 Å². The van der Waals surface area contributed by atoms with Crippen LogP contribution in [0.3, 0.4) is 0 Å². The Balaban J connectivity index is 1.96. The van der Waals surface area contributed by atoms with Crippen molar-refractivity contribution in [2.45, 2.75) is 45.1 Å². The molecule has 5 nitrogen and oxygen atoms in total. The summed E-state index contributed by atoms with van der Waals surface area (Å²) in [5.41, 5.74) is 0. The van der Waals surface area contributed by atoms with Crippen molar-refractivity contribution >= 4 is 6.03 Å². The van der Waals surface area contributed by atoms with Crippen molar-refractivity contribution in [1.29, 1.82) is 0 Å². The van der Waals surface area contributed by atoms with Crippen molar-refractivity contribution in [3.63, 3.8) is 0 Å². The molecule has 0 aromatic heterocycles. The molecular weight excluding hydrogens is 230 g/mol. The second kappa shape index (κ2) is 9.16. The Morgan fingerprint density at radius 1 is 1.28 bits per heavy atom. The van der Waals surface area contributed by atoms with E-state index in [1.165, 1.54) is 25.8 Å². The van der Waals surface area contributed by atoms with Gasteiger partial charge in [0.15, 0.2) is 0 Å². The van der Waals surface area contributed by atoms with Crippen molar-refractivity contribution in [2.75, 3.05) is 32.8 Å². The summed E-state index contributed by atoms with van der Waals surface area (Å²) in [5, 5.41) is 13.9. The number of aliphatic hydroxyl groups is 1. The summed E-state index contributed by atoms with van der Waals surface area (Å²) in [5.74, 6) is 0. The standard InChI is InChI=1S/C13H27N3O2/c1-12-6-2-4-9-16(12)10-5-3-7-14-13(18)15-8-11-17/h12,17H,2-11H2,1H3,(H2,14,15,18). The van der Waals surface area contributed by atoms with Gasteiger partial charge in [-0.2, -0.15) is 0 Å². The summed E-state index contributed by atoms with van der Waals surface area (Å²) in [4.78, 5) is 13.7. The van der Waals surface area contributed by atoms with Crippen molar-refractivity contribution in [3.8, 4) is 0 Å². The fourth-order valence-corrected chi connectivity index (χ4v) is 2.36. The quantitative estimate of drug-likeness (QED) is 0.595. The lowest BCUT2D eigenvalue weighted by Crippen LogP contribution is -2.39. The minimum atomic E-state index is -0.185. The predicted octanol–water partition coefficient (Wildman–Crippen LogP) is 0.932. The van der Waals surface area contributed by atoms with Crippen molar-refractivity contribution in [1.82, 2.24) is 15.5 Å². The lowest BCUT2D eigenvalue weighted by Gasteiger charge is -2.33. The predicted molar refractivity (Wildman–Crippen MR) is 72.6 cm³/mol. The average Bonchev–Trinajstić information content (AvgIpc) is 2.38. The van der Waals surface area contributed by atoms with E-state index in [-0.39, 0.29) is 12.6 Å². The third kappa shape index (κ3) is 6.21. The Labute approximate surface area is 110 Å². The Morgan fingerprint density at radius 3 is 2.78 bits per heavy atom. The number of amides is 2. The molecule has 5 heteroatoms. The molecule has 18 heavy (non-hydrogen) atoms. The SMILES string of the molecule is CC1CCCCN1CCCCNC(=O)NCCO. The molecule has 0 saturated carbocycles. The Bertz CT molecular complexity index is 236. The molecule has 0 aromatic rings. The highest BCUT2D eigenvalue weighted by Gasteiger charge is 2.16. The molecule has 0 bridgehead atoms. The van der Waals surface area contributed by atoms with E-state index in [4.69, 9.17) is 5.11 Å². The highest BCUT2D eigenvalue weighted by molar-refractivity contribution is 5.73. The molecule has 1 aliphatic rings. The molecule has 1 heterocycles. The molecule has 0 aromatic carbocycles. The van der Waals surface area contributed by atoms with Crippen LogP contribution in [0, 0.1) is 0 Å². The number of unbranched alkanes of at least 4 members (excludes halogenated alkanes) is 1. The van der Waals surface area contributed by atoms with Crippen molar-refractivity contribution < 1.29 is 9.90 Å². The van der Waals surface area contributed by atoms with Crippen LogP contribution in [0.5, 0.6) is 0 Å². The van der Waals surface area contributed by atoms with Crippen LogP contribution < -0.4 is 10.6 Å². The molecule has 1 fully saturated rings. The molecule has 1 rings (SSSR count). The second-order valence-corrected chi connectivity index (χ2v) is 4.99. The Morgan fingerprint density at radius 2 is 2.06 bits per heavy atom. The number of nitrogens with zero attached hydrogens (tertiary/aromatic N) is 1. The van der Waals surface area contributed by atoms with E-state index in [1.54, 1.807) is 0 Å². The molecule has 0 spiro atoms. The molecular formula is C13H27N3O2. The van der Waals surface area contributed by atoms with E-state index < -0.39 is 0 Å². The maximum Gasteiger partial charge on any atom is 0.314 e. The van der Waals surface area contributed by atoms with E-state index in [0.29, 0.717) is 13.1 Å². The molecule has 0 aliphatic carbocycles. The first-order chi connectivity index (χ1) is 8.74. The highest BCUT2D eigenvalue weighted by atomic mass is 16.3. The van der Waals surface area contributed by atoms with E-state index in [0.717, 1.165) is 25.4 Å². The van der Waals surface area contributed by atoms with Crippen LogP contribution in [-0.4, -0.2) is 54.9 Å². The van der Waals surface area contributed by atoms with Gasteiger partial charge in [0.25, 0.3) is 0 Å². The number of piperidine rings is 1. The zero-order valence-electron chi connectivity index (χ0n) is 11.5. The normalized spacial score (nSPS) is 20.7. The molecule has 0 radical (unpaired) electrons. The number of carbonyl (C=O) groups excluding carboxylic acids is 1. The molecule has 1 saturated heterocycles. The fourth-order valence-electron chi connectivity index (χ4n) is 2.36. The number of aliphatic hydroxyl groups excluding tert-OH is 1. The van der Waals surface area contributed by atoms with Gasteiger partial charge in [0, 0.05) is 19.1 Å². The van der Waals surface area contributed by atoms with Gasteiger partial charge in [-0.3, -0.25) is 0 Å². The average molecular weight is 257 g/mol. The van der Waals surface area contributed by atoms with Crippen LogP contribution in [-0.2, 0) is 0 Å². The lowest BCUT2D eigenvalue weighted by molar-refractivity contribution is 0.158. The highest BCUT2D eigenvalue weighted by Crippen LogP contribution is 2.16. The van der Waals surface area contributed by atoms with Gasteiger partial charge in [0.2, 0.25) is 0 Å². The summed E-state index contributed by atoms with van der Waals surface area (Å²) in [6, 6.07) is 0.537. The number of rotatable bonds is 7.